The Bertz CT molecular complexity index is 2540. The first-order chi connectivity index (χ1) is 32.3. The molecule has 0 radical (unpaired) electrons. The Balaban J connectivity index is 0.826. The highest BCUT2D eigenvalue weighted by molar-refractivity contribution is 6.31. The van der Waals surface area contributed by atoms with Crippen molar-refractivity contribution in [2.45, 2.75) is 101 Å². The van der Waals surface area contributed by atoms with Crippen molar-refractivity contribution in [3.8, 4) is 11.8 Å². The van der Waals surface area contributed by atoms with E-state index in [-0.39, 0.29) is 65.6 Å². The number of benzene rings is 3. The van der Waals surface area contributed by atoms with Crippen LogP contribution in [0.5, 0.6) is 0 Å². The summed E-state index contributed by atoms with van der Waals surface area (Å²) in [5.41, 5.74) is 3.06. The molecule has 13 nitrogen and oxygen atoms in total. The molecule has 1 spiro atoms. The number of anilines is 1. The highest BCUT2D eigenvalue weighted by Crippen LogP contribution is 2.51. The zero-order valence-electron chi connectivity index (χ0n) is 37.7. The smallest absolute Gasteiger partial charge is 0.255 e. The van der Waals surface area contributed by atoms with Crippen LogP contribution in [-0.2, 0) is 36.9 Å². The molecule has 0 bridgehead atoms. The molecule has 3 aromatic rings. The summed E-state index contributed by atoms with van der Waals surface area (Å²) in [5.74, 6) is 3.01. The molecule has 6 amide bonds. The average molecular weight is 953 g/mol. The summed E-state index contributed by atoms with van der Waals surface area (Å²) in [5, 5.41) is 9.60. The number of fused-ring (bicyclic) bond motifs is 1. The molecule has 5 heterocycles. The number of carbonyl (C=O) groups is 6. The van der Waals surface area contributed by atoms with E-state index in [0.717, 1.165) is 36.0 Å². The molecule has 4 atom stereocenters. The van der Waals surface area contributed by atoms with Crippen LogP contribution in [-0.4, -0.2) is 118 Å². The van der Waals surface area contributed by atoms with Crippen molar-refractivity contribution in [3.05, 3.63) is 98.3 Å². The molecule has 16 heteroatoms. The fraction of sp³-hybridized carbons (Fsp3) is 0.490. The number of hydrogen-bond acceptors (Lipinski definition) is 8. The number of amides is 6. The number of rotatable bonds is 8. The van der Waals surface area contributed by atoms with Gasteiger partial charge in [0.05, 0.1) is 23.5 Å². The molecule has 3 aromatic carbocycles. The molecule has 5 aliphatic heterocycles. The van der Waals surface area contributed by atoms with Crippen LogP contribution in [0.1, 0.15) is 103 Å². The largest absolute Gasteiger partial charge is 0.341 e. The Morgan fingerprint density at radius 1 is 0.896 bits per heavy atom. The van der Waals surface area contributed by atoms with E-state index in [1.54, 1.807) is 41.3 Å². The van der Waals surface area contributed by atoms with Crippen LogP contribution in [0, 0.1) is 29.5 Å². The third kappa shape index (κ3) is 9.45. The number of carbonyl (C=O) groups excluding carboxylic acids is 6. The van der Waals surface area contributed by atoms with Crippen LogP contribution in [0.2, 0.25) is 10.0 Å². The summed E-state index contributed by atoms with van der Waals surface area (Å²) in [6.45, 7) is 5.32. The number of nitrogens with zero attached hydrogens (tertiary/aromatic N) is 4. The van der Waals surface area contributed by atoms with Gasteiger partial charge in [0.25, 0.3) is 5.91 Å². The first-order valence-corrected chi connectivity index (χ1v) is 24.5. The summed E-state index contributed by atoms with van der Waals surface area (Å²) in [4.78, 5) is 88.0. The van der Waals surface area contributed by atoms with Gasteiger partial charge in [-0.25, -0.2) is 4.39 Å². The average Bonchev–Trinajstić information content (AvgIpc) is 3.83. The van der Waals surface area contributed by atoms with Crippen LogP contribution >= 0.6 is 23.2 Å². The lowest BCUT2D eigenvalue weighted by atomic mass is 9.68. The van der Waals surface area contributed by atoms with E-state index in [9.17, 15) is 28.8 Å². The van der Waals surface area contributed by atoms with E-state index in [4.69, 9.17) is 23.2 Å². The first-order valence-electron chi connectivity index (χ1n) is 23.7. The molecule has 1 aliphatic carbocycles. The van der Waals surface area contributed by atoms with Gasteiger partial charge >= 0.3 is 0 Å². The molecule has 1 saturated carbocycles. The summed E-state index contributed by atoms with van der Waals surface area (Å²) >= 11 is 12.8. The summed E-state index contributed by atoms with van der Waals surface area (Å²) < 4.78 is 16.2. The van der Waals surface area contributed by atoms with Gasteiger partial charge in [-0.3, -0.25) is 44.3 Å². The summed E-state index contributed by atoms with van der Waals surface area (Å²) in [7, 11) is 0. The predicted octanol–water partition coefficient (Wildman–Crippen LogP) is 5.90. The highest BCUT2D eigenvalue weighted by atomic mass is 35.5. The van der Waals surface area contributed by atoms with Gasteiger partial charge in [0, 0.05) is 91.4 Å². The van der Waals surface area contributed by atoms with Crippen molar-refractivity contribution in [1.82, 2.24) is 30.2 Å². The Morgan fingerprint density at radius 2 is 1.64 bits per heavy atom. The van der Waals surface area contributed by atoms with Gasteiger partial charge in [0.2, 0.25) is 29.5 Å². The lowest BCUT2D eigenvalue weighted by Gasteiger charge is -2.39. The molecule has 3 N–H and O–H groups in total. The van der Waals surface area contributed by atoms with Crippen molar-refractivity contribution < 1.29 is 33.2 Å². The number of hydrogen-bond donors (Lipinski definition) is 3. The molecule has 9 rings (SSSR count). The number of likely N-dealkylation sites (tertiary alicyclic amines) is 1. The molecule has 6 aliphatic rings. The van der Waals surface area contributed by atoms with E-state index in [0.29, 0.717) is 94.1 Å². The van der Waals surface area contributed by atoms with Gasteiger partial charge in [0.1, 0.15) is 11.9 Å². The van der Waals surface area contributed by atoms with E-state index in [1.165, 1.54) is 11.0 Å². The normalized spacial score (nSPS) is 24.3. The molecule has 5 fully saturated rings. The van der Waals surface area contributed by atoms with Gasteiger partial charge in [-0.15, -0.1) is 0 Å². The molecular weight excluding hydrogens is 897 g/mol. The van der Waals surface area contributed by atoms with Crippen LogP contribution in [0.3, 0.4) is 0 Å². The fourth-order valence-corrected chi connectivity index (χ4v) is 11.7. The molecule has 67 heavy (non-hydrogen) atoms. The minimum Gasteiger partial charge on any atom is -0.341 e. The maximum Gasteiger partial charge on any atom is 0.255 e. The van der Waals surface area contributed by atoms with Crippen molar-refractivity contribution in [2.75, 3.05) is 51.1 Å². The van der Waals surface area contributed by atoms with E-state index in [2.05, 4.69) is 32.7 Å². The van der Waals surface area contributed by atoms with Gasteiger partial charge in [-0.1, -0.05) is 85.5 Å². The van der Waals surface area contributed by atoms with Gasteiger partial charge in [0.15, 0.2) is 0 Å². The monoisotopic (exact) mass is 951 g/mol. The highest BCUT2D eigenvalue weighted by Gasteiger charge is 2.60. The molecule has 0 aromatic heterocycles. The first kappa shape index (κ1) is 46.8. The second-order valence-corrected chi connectivity index (χ2v) is 19.7. The molecule has 352 valence electrons. The van der Waals surface area contributed by atoms with Crippen molar-refractivity contribution >= 4 is 64.3 Å². The lowest BCUT2D eigenvalue weighted by molar-refractivity contribution is -0.138. The number of halogens is 3. The second kappa shape index (κ2) is 19.7. The van der Waals surface area contributed by atoms with Gasteiger partial charge < -0.3 is 20.0 Å². The quantitative estimate of drug-likeness (QED) is 0.187. The number of aryl methyl sites for hydroxylation is 1. The van der Waals surface area contributed by atoms with E-state index < -0.39 is 41.2 Å². The van der Waals surface area contributed by atoms with Crippen molar-refractivity contribution in [1.29, 1.82) is 0 Å². The standard InChI is InChI=1S/C51H56Cl2FN7O6/c1-2-32-14-15-34(52)28-39(32)55-48(65)44-43(36-10-7-11-38(53)45(36)54)46(57-51(44)20-4-3-5-21-51)50(67)60-26-24-58(25-27-60)30-42(63)59-22-18-31(19-23-59)12-13-33-8-6-9-35-37(33)29-61(49(35)66)40-16-17-41(62)56-47(40)64/h6-11,14-15,28,31,40,43-44,46,57H,2-5,16-27,29-30H2,1H3,(H,55,65)(H,56,62,64)/t40?,43-,44-,46-/m1/s1. The van der Waals surface area contributed by atoms with E-state index in [1.807, 2.05) is 24.0 Å². The summed E-state index contributed by atoms with van der Waals surface area (Å²) in [6.07, 6.45) is 6.62. The minimum atomic E-state index is -0.887. The third-order valence-corrected chi connectivity index (χ3v) is 15.5. The molecule has 1 unspecified atom stereocenters. The SMILES string of the molecule is CCc1ccc(Cl)cc1NC(=O)[C@H]1[C@@H](c2cccc(Cl)c2F)[C@H](C(=O)N2CCN(CC(=O)N3CCC(C#Cc4cccc5c4CN(C4CCC(=O)NC4=O)C5=O)CC3)CC2)NC12CCCCC2. The van der Waals surface area contributed by atoms with Crippen LogP contribution in [0.25, 0.3) is 0 Å². The second-order valence-electron chi connectivity index (χ2n) is 18.9. The predicted molar refractivity (Wildman–Crippen MR) is 252 cm³/mol. The Morgan fingerprint density at radius 3 is 2.37 bits per heavy atom. The van der Waals surface area contributed by atoms with Gasteiger partial charge in [-0.2, -0.15) is 0 Å². The van der Waals surface area contributed by atoms with Crippen molar-refractivity contribution in [3.63, 3.8) is 0 Å². The molecule has 4 saturated heterocycles. The fourth-order valence-electron chi connectivity index (χ4n) is 11.4. The van der Waals surface area contributed by atoms with Crippen molar-refractivity contribution in [2.24, 2.45) is 11.8 Å². The zero-order chi connectivity index (χ0) is 47.0. The van der Waals surface area contributed by atoms with Crippen LogP contribution in [0.4, 0.5) is 10.1 Å². The Labute approximate surface area is 400 Å². The topological polar surface area (TPSA) is 151 Å². The number of nitrogens with one attached hydrogen (secondary N) is 3. The van der Waals surface area contributed by atoms with E-state index >= 15 is 4.39 Å². The van der Waals surface area contributed by atoms with Gasteiger partial charge in [-0.05, 0) is 85.5 Å². The van der Waals surface area contributed by atoms with Crippen LogP contribution in [0.15, 0.2) is 54.6 Å². The number of piperazine rings is 1. The maximum absolute atomic E-state index is 16.2. The number of imide groups is 1. The number of piperidine rings is 2. The summed E-state index contributed by atoms with van der Waals surface area (Å²) in [6, 6.07) is 14.0. The minimum absolute atomic E-state index is 0.0205. The Hall–Kier alpha value is -5.33. The Kier molecular flexibility index (Phi) is 13.8. The van der Waals surface area contributed by atoms with Crippen LogP contribution < -0.4 is 16.0 Å². The molecular formula is C51H56Cl2FN7O6. The maximum atomic E-state index is 16.2. The zero-order valence-corrected chi connectivity index (χ0v) is 39.2. The third-order valence-electron chi connectivity index (χ3n) is 15.0. The lowest BCUT2D eigenvalue weighted by Crippen LogP contribution is -2.57.